The fraction of sp³-hybridized carbons (Fsp3) is 0.462. The Morgan fingerprint density at radius 1 is 1.55 bits per heavy atom. The summed E-state index contributed by atoms with van der Waals surface area (Å²) in [5.74, 6) is 0. The van der Waals surface area contributed by atoms with E-state index in [1.54, 1.807) is 5.51 Å². The molecule has 2 aromatic rings. The van der Waals surface area contributed by atoms with E-state index in [1.165, 1.54) is 11.3 Å². The van der Waals surface area contributed by atoms with Crippen molar-refractivity contribution in [1.29, 1.82) is 0 Å². The minimum Gasteiger partial charge on any atom is -0.360 e. The van der Waals surface area contributed by atoms with Crippen molar-refractivity contribution in [2.45, 2.75) is 19.4 Å². The van der Waals surface area contributed by atoms with Crippen molar-refractivity contribution in [2.24, 2.45) is 0 Å². The van der Waals surface area contributed by atoms with Crippen LogP contribution < -0.4 is 10.2 Å². The van der Waals surface area contributed by atoms with E-state index in [-0.39, 0.29) is 10.6 Å². The summed E-state index contributed by atoms with van der Waals surface area (Å²) >= 11 is 1.43. The van der Waals surface area contributed by atoms with E-state index in [0.29, 0.717) is 17.2 Å². The Balaban J connectivity index is 2.12. The minimum atomic E-state index is -0.299. The monoisotopic (exact) mass is 292 g/mol. The average molecular weight is 292 g/mol. The van der Waals surface area contributed by atoms with Gasteiger partial charge in [0.1, 0.15) is 5.69 Å². The summed E-state index contributed by atoms with van der Waals surface area (Å²) in [6.07, 6.45) is 0.961. The second kappa shape index (κ2) is 5.34. The Kier molecular flexibility index (Phi) is 3.54. The zero-order chi connectivity index (χ0) is 14.1. The number of rotatable bonds is 5. The van der Waals surface area contributed by atoms with Gasteiger partial charge in [-0.15, -0.1) is 11.3 Å². The highest BCUT2D eigenvalue weighted by molar-refractivity contribution is 7.16. The van der Waals surface area contributed by atoms with E-state index in [4.69, 9.17) is 0 Å². The molecule has 20 heavy (non-hydrogen) atoms. The smallest absolute Gasteiger partial charge is 0.319 e. The van der Waals surface area contributed by atoms with E-state index in [1.807, 2.05) is 12.1 Å². The molecule has 1 aliphatic heterocycles. The van der Waals surface area contributed by atoms with Gasteiger partial charge in [0, 0.05) is 19.6 Å². The van der Waals surface area contributed by atoms with Crippen molar-refractivity contribution in [1.82, 2.24) is 10.3 Å². The Morgan fingerprint density at radius 3 is 2.95 bits per heavy atom. The van der Waals surface area contributed by atoms with Crippen molar-refractivity contribution in [3.63, 3.8) is 0 Å². The average Bonchev–Trinajstić information content (AvgIpc) is 2.82. The largest absolute Gasteiger partial charge is 0.360 e. The van der Waals surface area contributed by atoms with Gasteiger partial charge in [-0.2, -0.15) is 0 Å². The quantitative estimate of drug-likeness (QED) is 0.677. The van der Waals surface area contributed by atoms with Gasteiger partial charge in [-0.3, -0.25) is 10.1 Å². The zero-order valence-corrected chi connectivity index (χ0v) is 12.0. The second-order valence-electron chi connectivity index (χ2n) is 4.89. The second-order valence-corrected chi connectivity index (χ2v) is 5.78. The van der Waals surface area contributed by atoms with Gasteiger partial charge in [0.15, 0.2) is 5.52 Å². The van der Waals surface area contributed by atoms with Crippen LogP contribution in [0, 0.1) is 10.1 Å². The molecular formula is C13H16N4O2S. The van der Waals surface area contributed by atoms with Gasteiger partial charge in [-0.1, -0.05) is 6.92 Å². The standard InChI is InChI=1S/C13H16N4O2S/c1-2-5-16(9-6-14-7-9)10-3-4-11-12(15-8-20-11)13(10)17(18)19/h3-4,8-9,14H,2,5-7H2,1H3. The van der Waals surface area contributed by atoms with Crippen LogP contribution in [-0.2, 0) is 0 Å². The number of fused-ring (bicyclic) bond motifs is 1. The highest BCUT2D eigenvalue weighted by Crippen LogP contribution is 2.37. The number of nitro benzene ring substituents is 1. The van der Waals surface area contributed by atoms with E-state index in [2.05, 4.69) is 22.1 Å². The fourth-order valence-corrected chi connectivity index (χ4v) is 3.23. The fourth-order valence-electron chi connectivity index (χ4n) is 2.55. The molecule has 2 heterocycles. The molecule has 0 atom stereocenters. The van der Waals surface area contributed by atoms with Gasteiger partial charge in [0.25, 0.3) is 0 Å². The maximum atomic E-state index is 11.5. The molecule has 1 aliphatic rings. The summed E-state index contributed by atoms with van der Waals surface area (Å²) in [6.45, 7) is 4.67. The molecule has 0 bridgehead atoms. The highest BCUT2D eigenvalue weighted by Gasteiger charge is 2.31. The van der Waals surface area contributed by atoms with Crippen LogP contribution >= 0.6 is 11.3 Å². The lowest BCUT2D eigenvalue weighted by molar-refractivity contribution is -0.382. The molecule has 0 aliphatic carbocycles. The Morgan fingerprint density at radius 2 is 2.35 bits per heavy atom. The molecule has 1 saturated heterocycles. The van der Waals surface area contributed by atoms with Crippen LogP contribution in [0.3, 0.4) is 0 Å². The normalized spacial score (nSPS) is 15.2. The van der Waals surface area contributed by atoms with Crippen LogP contribution in [0.4, 0.5) is 11.4 Å². The first kappa shape index (κ1) is 13.3. The molecular weight excluding hydrogens is 276 g/mol. The van der Waals surface area contributed by atoms with Crippen molar-refractivity contribution in [2.75, 3.05) is 24.5 Å². The van der Waals surface area contributed by atoms with Gasteiger partial charge in [-0.25, -0.2) is 4.98 Å². The minimum absolute atomic E-state index is 0.143. The third-order valence-electron chi connectivity index (χ3n) is 3.61. The number of nitrogens with zero attached hydrogens (tertiary/aromatic N) is 3. The predicted molar refractivity (Wildman–Crippen MR) is 80.6 cm³/mol. The van der Waals surface area contributed by atoms with E-state index in [9.17, 15) is 10.1 Å². The molecule has 7 heteroatoms. The van der Waals surface area contributed by atoms with E-state index >= 15 is 0 Å². The molecule has 1 N–H and O–H groups in total. The molecule has 1 aromatic carbocycles. The number of nitro groups is 1. The Labute approximate surface area is 120 Å². The van der Waals surface area contributed by atoms with Crippen LogP contribution in [-0.4, -0.2) is 35.6 Å². The van der Waals surface area contributed by atoms with Crippen molar-refractivity contribution in [3.05, 3.63) is 27.8 Å². The number of benzene rings is 1. The van der Waals surface area contributed by atoms with Crippen LogP contribution in [0.15, 0.2) is 17.6 Å². The predicted octanol–water partition coefficient (Wildman–Crippen LogP) is 2.39. The van der Waals surface area contributed by atoms with Gasteiger partial charge >= 0.3 is 5.69 Å². The number of hydrogen-bond donors (Lipinski definition) is 1. The van der Waals surface area contributed by atoms with Crippen molar-refractivity contribution in [3.8, 4) is 0 Å². The van der Waals surface area contributed by atoms with Crippen molar-refractivity contribution < 1.29 is 4.92 Å². The molecule has 106 valence electrons. The SMILES string of the molecule is CCCN(c1ccc2scnc2c1[N+](=O)[O-])C1CNC1. The van der Waals surface area contributed by atoms with Gasteiger partial charge < -0.3 is 10.2 Å². The van der Waals surface area contributed by atoms with Crippen LogP contribution in [0.25, 0.3) is 10.2 Å². The summed E-state index contributed by atoms with van der Waals surface area (Å²) in [4.78, 5) is 17.5. The first-order chi connectivity index (χ1) is 9.72. The van der Waals surface area contributed by atoms with Crippen LogP contribution in [0.2, 0.25) is 0 Å². The summed E-state index contributed by atoms with van der Waals surface area (Å²) in [5, 5.41) is 14.7. The van der Waals surface area contributed by atoms with Gasteiger partial charge in [0.2, 0.25) is 0 Å². The number of nitrogens with one attached hydrogen (secondary N) is 1. The topological polar surface area (TPSA) is 71.3 Å². The number of anilines is 1. The number of hydrogen-bond acceptors (Lipinski definition) is 6. The molecule has 1 fully saturated rings. The van der Waals surface area contributed by atoms with E-state index < -0.39 is 0 Å². The lowest BCUT2D eigenvalue weighted by Gasteiger charge is -2.39. The van der Waals surface area contributed by atoms with Crippen LogP contribution in [0.5, 0.6) is 0 Å². The molecule has 0 radical (unpaired) electrons. The maximum absolute atomic E-state index is 11.5. The molecule has 0 spiro atoms. The van der Waals surface area contributed by atoms with Crippen LogP contribution in [0.1, 0.15) is 13.3 Å². The third kappa shape index (κ3) is 2.12. The number of thiazole rings is 1. The summed E-state index contributed by atoms with van der Waals surface area (Å²) in [7, 11) is 0. The highest BCUT2D eigenvalue weighted by atomic mass is 32.1. The molecule has 6 nitrogen and oxygen atoms in total. The Bertz CT molecular complexity index is 638. The summed E-state index contributed by atoms with van der Waals surface area (Å²) in [5.41, 5.74) is 3.01. The first-order valence-corrected chi connectivity index (χ1v) is 7.58. The van der Waals surface area contributed by atoms with Gasteiger partial charge in [0.05, 0.1) is 21.2 Å². The number of aromatic nitrogens is 1. The molecule has 0 saturated carbocycles. The lowest BCUT2D eigenvalue weighted by Crippen LogP contribution is -2.57. The summed E-state index contributed by atoms with van der Waals surface area (Å²) in [6, 6.07) is 4.14. The molecule has 1 aromatic heterocycles. The lowest BCUT2D eigenvalue weighted by atomic mass is 10.1. The first-order valence-electron chi connectivity index (χ1n) is 6.70. The third-order valence-corrected chi connectivity index (χ3v) is 4.41. The summed E-state index contributed by atoms with van der Waals surface area (Å²) < 4.78 is 0.864. The maximum Gasteiger partial charge on any atom is 0.319 e. The van der Waals surface area contributed by atoms with Crippen molar-refractivity contribution >= 4 is 32.9 Å². The van der Waals surface area contributed by atoms with Gasteiger partial charge in [-0.05, 0) is 18.6 Å². The zero-order valence-electron chi connectivity index (χ0n) is 11.2. The molecule has 0 amide bonds. The molecule has 0 unspecified atom stereocenters. The Hall–Kier alpha value is -1.73. The van der Waals surface area contributed by atoms with E-state index in [0.717, 1.165) is 30.8 Å². The molecule has 3 rings (SSSR count).